The molecule has 0 bridgehead atoms. The molecule has 200 valence electrons. The SMILES string of the molecule is COc1cc(/C=N\NC(=O)c2ccc(CSCc3ccccc3)cc2)cc(Br)c1OCc1ccc(Cl)c(Cl)c1. The highest BCUT2D eigenvalue weighted by Crippen LogP contribution is 2.37. The molecule has 1 N–H and O–H groups in total. The third-order valence-electron chi connectivity index (χ3n) is 5.60. The molecule has 1 amide bonds. The van der Waals surface area contributed by atoms with Crippen LogP contribution in [0.25, 0.3) is 0 Å². The number of rotatable bonds is 11. The Hall–Kier alpha value is -2.97. The van der Waals surface area contributed by atoms with Crippen LogP contribution in [0.15, 0.2) is 94.5 Å². The van der Waals surface area contributed by atoms with Crippen LogP contribution in [0.3, 0.4) is 0 Å². The van der Waals surface area contributed by atoms with E-state index in [-0.39, 0.29) is 12.5 Å². The zero-order valence-electron chi connectivity index (χ0n) is 21.0. The average molecular weight is 644 g/mol. The molecule has 4 aromatic rings. The topological polar surface area (TPSA) is 59.9 Å². The first kappa shape index (κ1) is 29.0. The monoisotopic (exact) mass is 642 g/mol. The van der Waals surface area contributed by atoms with Crippen molar-refractivity contribution in [3.05, 3.63) is 127 Å². The number of hydrogen-bond donors (Lipinski definition) is 1. The van der Waals surface area contributed by atoms with Crippen molar-refractivity contribution in [2.75, 3.05) is 7.11 Å². The molecule has 0 unspecified atom stereocenters. The van der Waals surface area contributed by atoms with Crippen molar-refractivity contribution < 1.29 is 14.3 Å². The Morgan fingerprint density at radius 1 is 0.923 bits per heavy atom. The summed E-state index contributed by atoms with van der Waals surface area (Å²) in [5, 5.41) is 5.06. The van der Waals surface area contributed by atoms with Gasteiger partial charge in [-0.2, -0.15) is 16.9 Å². The van der Waals surface area contributed by atoms with E-state index in [4.69, 9.17) is 32.7 Å². The number of nitrogens with one attached hydrogen (secondary N) is 1. The molecule has 0 aliphatic rings. The third kappa shape index (κ3) is 8.51. The molecule has 9 heteroatoms. The lowest BCUT2D eigenvalue weighted by Gasteiger charge is -2.14. The molecule has 0 aromatic heterocycles. The van der Waals surface area contributed by atoms with Crippen LogP contribution >= 0.6 is 50.9 Å². The van der Waals surface area contributed by atoms with Gasteiger partial charge in [0.1, 0.15) is 6.61 Å². The molecule has 5 nitrogen and oxygen atoms in total. The van der Waals surface area contributed by atoms with Crippen molar-refractivity contribution in [3.63, 3.8) is 0 Å². The normalized spacial score (nSPS) is 11.0. The van der Waals surface area contributed by atoms with E-state index in [9.17, 15) is 4.79 Å². The van der Waals surface area contributed by atoms with Gasteiger partial charge in [0.05, 0.1) is 27.8 Å². The van der Waals surface area contributed by atoms with Crippen LogP contribution < -0.4 is 14.9 Å². The second-order valence-electron chi connectivity index (χ2n) is 8.45. The van der Waals surface area contributed by atoms with E-state index in [0.29, 0.717) is 37.1 Å². The average Bonchev–Trinajstić information content (AvgIpc) is 2.95. The van der Waals surface area contributed by atoms with Crippen LogP contribution in [0, 0.1) is 0 Å². The predicted molar refractivity (Wildman–Crippen MR) is 164 cm³/mol. The van der Waals surface area contributed by atoms with E-state index in [1.165, 1.54) is 5.56 Å². The minimum absolute atomic E-state index is 0.278. The van der Waals surface area contributed by atoms with Gasteiger partial charge in [-0.15, -0.1) is 0 Å². The maximum atomic E-state index is 12.6. The van der Waals surface area contributed by atoms with Gasteiger partial charge in [0.15, 0.2) is 11.5 Å². The van der Waals surface area contributed by atoms with Gasteiger partial charge in [-0.3, -0.25) is 4.79 Å². The Kier molecular flexibility index (Phi) is 10.7. The largest absolute Gasteiger partial charge is 0.493 e. The summed E-state index contributed by atoms with van der Waals surface area (Å²) in [4.78, 5) is 12.6. The Labute approximate surface area is 250 Å². The smallest absolute Gasteiger partial charge is 0.271 e. The fraction of sp³-hybridized carbons (Fsp3) is 0.133. The second-order valence-corrected chi connectivity index (χ2v) is 11.1. The number of nitrogens with zero attached hydrogens (tertiary/aromatic N) is 1. The van der Waals surface area contributed by atoms with Crippen molar-refractivity contribution >= 4 is 63.0 Å². The molecule has 4 rings (SSSR count). The van der Waals surface area contributed by atoms with Gasteiger partial charge < -0.3 is 9.47 Å². The Morgan fingerprint density at radius 2 is 1.62 bits per heavy atom. The summed E-state index contributed by atoms with van der Waals surface area (Å²) in [7, 11) is 1.56. The summed E-state index contributed by atoms with van der Waals surface area (Å²) in [6.45, 7) is 0.278. The number of methoxy groups -OCH3 is 1. The van der Waals surface area contributed by atoms with Crippen LogP contribution in [-0.4, -0.2) is 19.2 Å². The highest BCUT2D eigenvalue weighted by atomic mass is 79.9. The van der Waals surface area contributed by atoms with Crippen molar-refractivity contribution in [1.82, 2.24) is 5.43 Å². The lowest BCUT2D eigenvalue weighted by molar-refractivity contribution is 0.0955. The summed E-state index contributed by atoms with van der Waals surface area (Å²) < 4.78 is 12.1. The van der Waals surface area contributed by atoms with Gasteiger partial charge in [0, 0.05) is 17.1 Å². The van der Waals surface area contributed by atoms with E-state index in [1.807, 2.05) is 66.4 Å². The molecule has 0 atom stereocenters. The number of ether oxygens (including phenoxy) is 2. The molecule has 0 heterocycles. The minimum atomic E-state index is -0.289. The number of carbonyl (C=O) groups excluding carboxylic acids is 1. The third-order valence-corrected chi connectivity index (χ3v) is 8.00. The van der Waals surface area contributed by atoms with Crippen molar-refractivity contribution in [2.24, 2.45) is 5.10 Å². The van der Waals surface area contributed by atoms with Crippen LogP contribution in [0.1, 0.15) is 32.6 Å². The number of carbonyl (C=O) groups is 1. The zero-order valence-corrected chi connectivity index (χ0v) is 24.9. The number of hydrogen-bond acceptors (Lipinski definition) is 5. The molecule has 0 saturated carbocycles. The van der Waals surface area contributed by atoms with Gasteiger partial charge in [-0.05, 0) is 74.6 Å². The standard InChI is InChI=1S/C30H25BrCl2N2O3S/c1-37-28-15-23(13-25(31)29(28)38-17-22-9-12-26(32)27(33)14-22)16-34-35-30(36)24-10-7-21(8-11-24)19-39-18-20-5-3-2-4-6-20/h2-16H,17-19H2,1H3,(H,35,36)/b34-16-. The molecule has 0 fully saturated rings. The van der Waals surface area contributed by atoms with Gasteiger partial charge in [0.25, 0.3) is 5.91 Å². The molecule has 39 heavy (non-hydrogen) atoms. The fourth-order valence-corrected chi connectivity index (χ4v) is 5.44. The van der Waals surface area contributed by atoms with Crippen molar-refractivity contribution in [2.45, 2.75) is 18.1 Å². The molecular weight excluding hydrogens is 619 g/mol. The quantitative estimate of drug-likeness (QED) is 0.131. The van der Waals surface area contributed by atoms with Crippen molar-refractivity contribution in [1.29, 1.82) is 0 Å². The first-order valence-electron chi connectivity index (χ1n) is 11.9. The van der Waals surface area contributed by atoms with E-state index >= 15 is 0 Å². The summed E-state index contributed by atoms with van der Waals surface area (Å²) >= 11 is 17.4. The number of benzene rings is 4. The highest BCUT2D eigenvalue weighted by Gasteiger charge is 2.12. The molecular formula is C30H25BrCl2N2O3S. The second kappa shape index (κ2) is 14.4. The molecule has 0 radical (unpaired) electrons. The number of amides is 1. The van der Waals surface area contributed by atoms with Crippen LogP contribution in [-0.2, 0) is 18.1 Å². The molecule has 0 saturated heterocycles. The van der Waals surface area contributed by atoms with Crippen LogP contribution in [0.4, 0.5) is 0 Å². The number of halogens is 3. The Balaban J connectivity index is 1.31. The Morgan fingerprint density at radius 3 is 2.31 bits per heavy atom. The van der Waals surface area contributed by atoms with Crippen LogP contribution in [0.5, 0.6) is 11.5 Å². The molecule has 0 aliphatic heterocycles. The molecule has 0 spiro atoms. The first-order chi connectivity index (χ1) is 18.9. The summed E-state index contributed by atoms with van der Waals surface area (Å²) in [5.41, 5.74) is 7.15. The molecule has 4 aromatic carbocycles. The van der Waals surface area contributed by atoms with Gasteiger partial charge in [-0.25, -0.2) is 5.43 Å². The zero-order chi connectivity index (χ0) is 27.6. The predicted octanol–water partition coefficient (Wildman–Crippen LogP) is 8.54. The van der Waals surface area contributed by atoms with Crippen LogP contribution in [0.2, 0.25) is 10.0 Å². The van der Waals surface area contributed by atoms with Gasteiger partial charge in [0.2, 0.25) is 0 Å². The highest BCUT2D eigenvalue weighted by molar-refractivity contribution is 9.10. The maximum Gasteiger partial charge on any atom is 0.271 e. The van der Waals surface area contributed by atoms with Gasteiger partial charge >= 0.3 is 0 Å². The lowest BCUT2D eigenvalue weighted by Crippen LogP contribution is -2.17. The van der Waals surface area contributed by atoms with Gasteiger partial charge in [-0.1, -0.05) is 71.7 Å². The summed E-state index contributed by atoms with van der Waals surface area (Å²) in [6, 6.07) is 26.8. The summed E-state index contributed by atoms with van der Waals surface area (Å²) in [5.74, 6) is 2.58. The van der Waals surface area contributed by atoms with E-state index in [0.717, 1.165) is 22.6 Å². The van der Waals surface area contributed by atoms with E-state index < -0.39 is 0 Å². The minimum Gasteiger partial charge on any atom is -0.493 e. The Bertz CT molecular complexity index is 1450. The number of thioether (sulfide) groups is 1. The summed E-state index contributed by atoms with van der Waals surface area (Å²) in [6.07, 6.45) is 1.54. The maximum absolute atomic E-state index is 12.6. The lowest BCUT2D eigenvalue weighted by atomic mass is 10.1. The molecule has 0 aliphatic carbocycles. The van der Waals surface area contributed by atoms with Crippen molar-refractivity contribution in [3.8, 4) is 11.5 Å². The van der Waals surface area contributed by atoms with E-state index in [2.05, 4.69) is 38.6 Å². The fourth-order valence-electron chi connectivity index (χ4n) is 3.58. The van der Waals surface area contributed by atoms with E-state index in [1.54, 1.807) is 31.5 Å². The number of hydrazone groups is 1. The first-order valence-corrected chi connectivity index (χ1v) is 14.6.